The Balaban J connectivity index is 1.72. The van der Waals surface area contributed by atoms with Crippen molar-refractivity contribution in [1.29, 1.82) is 0 Å². The topological polar surface area (TPSA) is 46.5 Å². The van der Waals surface area contributed by atoms with Crippen LogP contribution in [0.5, 0.6) is 0 Å². The number of hydrogen-bond acceptors (Lipinski definition) is 3. The number of carbonyl (C=O) groups is 1. The molecule has 1 spiro atoms. The molecule has 28 heavy (non-hydrogen) atoms. The smallest absolute Gasteiger partial charge is 0.333 e. The van der Waals surface area contributed by atoms with Gasteiger partial charge in [0.05, 0.1) is 6.10 Å². The van der Waals surface area contributed by atoms with Crippen molar-refractivity contribution in [2.24, 2.45) is 34.0 Å². The number of aliphatic hydroxyl groups is 1. The molecule has 4 rings (SSSR count). The molecule has 0 aromatic rings. The zero-order valence-corrected chi connectivity index (χ0v) is 18.4. The molecule has 1 N–H and O–H groups in total. The third-order valence-corrected chi connectivity index (χ3v) is 9.69. The molecule has 3 heteroatoms. The molecule has 4 aliphatic carbocycles. The van der Waals surface area contributed by atoms with Crippen LogP contribution >= 0.6 is 0 Å². The second kappa shape index (κ2) is 6.45. The quantitative estimate of drug-likeness (QED) is 0.391. The summed E-state index contributed by atoms with van der Waals surface area (Å²) in [6.07, 6.45) is 9.19. The second-order valence-electron chi connectivity index (χ2n) is 11.1. The highest BCUT2D eigenvalue weighted by Gasteiger charge is 2.68. The molecule has 2 bridgehead atoms. The zero-order chi connectivity index (χ0) is 20.5. The van der Waals surface area contributed by atoms with E-state index in [1.54, 1.807) is 0 Å². The Kier molecular flexibility index (Phi) is 4.65. The monoisotopic (exact) mass is 386 g/mol. The van der Waals surface area contributed by atoms with Gasteiger partial charge in [-0.1, -0.05) is 33.4 Å². The minimum atomic E-state index is -0.208. The van der Waals surface area contributed by atoms with Crippen LogP contribution in [0.4, 0.5) is 0 Å². The summed E-state index contributed by atoms with van der Waals surface area (Å²) in [5, 5.41) is 10.7. The fraction of sp³-hybridized carbons (Fsp3) is 0.800. The lowest BCUT2D eigenvalue weighted by Gasteiger charge is -2.65. The molecular formula is C25H38O3. The summed E-state index contributed by atoms with van der Waals surface area (Å²) < 4.78 is 6.19. The molecular weight excluding hydrogens is 348 g/mol. The number of aliphatic hydroxyl groups excluding tert-OH is 1. The lowest BCUT2D eigenvalue weighted by molar-refractivity contribution is -0.201. The average molecular weight is 387 g/mol. The molecule has 4 saturated carbocycles. The summed E-state index contributed by atoms with van der Waals surface area (Å²) in [4.78, 5) is 12.7. The number of hydrogen-bond donors (Lipinski definition) is 1. The molecule has 0 amide bonds. The summed E-state index contributed by atoms with van der Waals surface area (Å²) >= 11 is 0. The van der Waals surface area contributed by atoms with Crippen molar-refractivity contribution in [3.8, 4) is 0 Å². The molecule has 0 unspecified atom stereocenters. The third kappa shape index (κ3) is 2.54. The normalized spacial score (nSPS) is 47.3. The average Bonchev–Trinajstić information content (AvgIpc) is 2.84. The molecule has 0 aromatic carbocycles. The highest BCUT2D eigenvalue weighted by molar-refractivity contribution is 5.88. The van der Waals surface area contributed by atoms with Crippen LogP contribution in [0.3, 0.4) is 0 Å². The highest BCUT2D eigenvalue weighted by Crippen LogP contribution is 2.72. The van der Waals surface area contributed by atoms with Gasteiger partial charge in [-0.3, -0.25) is 0 Å². The van der Waals surface area contributed by atoms with Crippen molar-refractivity contribution in [2.45, 2.75) is 91.8 Å². The maximum Gasteiger partial charge on any atom is 0.333 e. The van der Waals surface area contributed by atoms with E-state index >= 15 is 0 Å². The van der Waals surface area contributed by atoms with E-state index in [9.17, 15) is 9.90 Å². The van der Waals surface area contributed by atoms with Crippen molar-refractivity contribution in [3.05, 3.63) is 23.8 Å². The molecule has 4 aliphatic rings. The summed E-state index contributed by atoms with van der Waals surface area (Å²) in [6.45, 7) is 15.2. The number of esters is 1. The summed E-state index contributed by atoms with van der Waals surface area (Å²) in [6, 6.07) is 0. The lowest BCUT2D eigenvalue weighted by Crippen LogP contribution is -2.61. The van der Waals surface area contributed by atoms with Crippen LogP contribution in [0.15, 0.2) is 23.8 Å². The van der Waals surface area contributed by atoms with Crippen molar-refractivity contribution >= 4 is 5.97 Å². The van der Waals surface area contributed by atoms with Crippen molar-refractivity contribution in [2.75, 3.05) is 0 Å². The fourth-order valence-corrected chi connectivity index (χ4v) is 8.06. The first-order valence-electron chi connectivity index (χ1n) is 11.3. The predicted molar refractivity (Wildman–Crippen MR) is 112 cm³/mol. The van der Waals surface area contributed by atoms with Crippen LogP contribution in [0.2, 0.25) is 0 Å². The van der Waals surface area contributed by atoms with Gasteiger partial charge >= 0.3 is 5.97 Å². The van der Waals surface area contributed by atoms with Crippen LogP contribution in [0.25, 0.3) is 0 Å². The van der Waals surface area contributed by atoms with Gasteiger partial charge in [0.15, 0.2) is 0 Å². The van der Waals surface area contributed by atoms with E-state index in [0.29, 0.717) is 23.3 Å². The molecule has 0 heterocycles. The summed E-state index contributed by atoms with van der Waals surface area (Å²) in [5.41, 5.74) is 2.06. The molecule has 0 aromatic heterocycles. The van der Waals surface area contributed by atoms with E-state index in [-0.39, 0.29) is 34.4 Å². The Hall–Kier alpha value is -1.09. The Morgan fingerprint density at radius 3 is 2.54 bits per heavy atom. The second-order valence-corrected chi connectivity index (χ2v) is 11.1. The Morgan fingerprint density at radius 1 is 1.14 bits per heavy atom. The van der Waals surface area contributed by atoms with Gasteiger partial charge in [-0.2, -0.15) is 0 Å². The summed E-state index contributed by atoms with van der Waals surface area (Å²) in [7, 11) is 0. The first-order chi connectivity index (χ1) is 13.1. The molecule has 156 valence electrons. The van der Waals surface area contributed by atoms with E-state index in [4.69, 9.17) is 4.74 Å². The van der Waals surface area contributed by atoms with Crippen molar-refractivity contribution in [1.82, 2.24) is 0 Å². The van der Waals surface area contributed by atoms with E-state index in [1.165, 1.54) is 12.8 Å². The van der Waals surface area contributed by atoms with Crippen LogP contribution in [-0.4, -0.2) is 23.3 Å². The Bertz CT molecular complexity index is 719. The Labute approximate surface area is 170 Å². The van der Waals surface area contributed by atoms with Crippen LogP contribution in [0, 0.1) is 34.0 Å². The van der Waals surface area contributed by atoms with Gasteiger partial charge in [0, 0.05) is 11.0 Å². The zero-order valence-electron chi connectivity index (χ0n) is 18.4. The number of allylic oxidation sites excluding steroid dienone is 1. The number of ether oxygens (including phenoxy) is 1. The predicted octanol–water partition coefficient (Wildman–Crippen LogP) is 5.43. The minimum absolute atomic E-state index is 0.0468. The molecule has 3 nitrogen and oxygen atoms in total. The first-order valence-corrected chi connectivity index (χ1v) is 11.3. The molecule has 0 radical (unpaired) electrons. The standard InChI is InChI=1S/C25H38O3/c1-7-15(2)22(27)28-21-16(3)17-8-9-19-24(6)12-11-20(26)23(4,5)18(24)10-13-25(19,21)14-17/h7,17-21,26H,3,8-14H2,1-2,4-6H3/b15-7+/t17-,18-,19-,20-,21-,24-,25+/m1/s1. The van der Waals surface area contributed by atoms with Gasteiger partial charge in [-0.25, -0.2) is 4.79 Å². The number of carbonyl (C=O) groups excluding carboxylic acids is 1. The van der Waals surface area contributed by atoms with Crippen LogP contribution in [0.1, 0.15) is 79.6 Å². The number of rotatable bonds is 2. The maximum absolute atomic E-state index is 12.7. The fourth-order valence-electron chi connectivity index (χ4n) is 8.06. The van der Waals surface area contributed by atoms with Crippen molar-refractivity contribution in [3.63, 3.8) is 0 Å². The van der Waals surface area contributed by atoms with Gasteiger partial charge in [-0.05, 0) is 93.0 Å². The van der Waals surface area contributed by atoms with Crippen LogP contribution in [-0.2, 0) is 9.53 Å². The van der Waals surface area contributed by atoms with E-state index in [1.807, 2.05) is 19.9 Å². The molecule has 0 aliphatic heterocycles. The summed E-state index contributed by atoms with van der Waals surface area (Å²) in [5.74, 6) is 1.39. The Morgan fingerprint density at radius 2 is 1.86 bits per heavy atom. The van der Waals surface area contributed by atoms with Gasteiger partial charge < -0.3 is 9.84 Å². The van der Waals surface area contributed by atoms with Crippen LogP contribution < -0.4 is 0 Å². The van der Waals surface area contributed by atoms with Gasteiger partial charge in [-0.15, -0.1) is 0 Å². The van der Waals surface area contributed by atoms with Crippen molar-refractivity contribution < 1.29 is 14.6 Å². The maximum atomic E-state index is 12.7. The lowest BCUT2D eigenvalue weighted by atomic mass is 9.40. The van der Waals surface area contributed by atoms with E-state index in [0.717, 1.165) is 37.7 Å². The molecule has 4 fully saturated rings. The third-order valence-electron chi connectivity index (χ3n) is 9.69. The highest BCUT2D eigenvalue weighted by atomic mass is 16.5. The van der Waals surface area contributed by atoms with Gasteiger partial charge in [0.2, 0.25) is 0 Å². The van der Waals surface area contributed by atoms with Gasteiger partial charge in [0.25, 0.3) is 0 Å². The first kappa shape index (κ1) is 20.2. The molecule has 7 atom stereocenters. The van der Waals surface area contributed by atoms with E-state index in [2.05, 4.69) is 27.4 Å². The SMILES string of the molecule is C=C1[C@@H]2CC[C@@H]3[C@]4(C)CC[C@@H](O)C(C)(C)[C@H]4CC[C@@]3(C2)[C@@H]1OC(=O)/C(C)=C/C. The largest absolute Gasteiger partial charge is 0.454 e. The van der Waals surface area contributed by atoms with Gasteiger partial charge in [0.1, 0.15) is 6.10 Å². The molecule has 0 saturated heterocycles. The van der Waals surface area contributed by atoms with E-state index < -0.39 is 0 Å². The number of fused-ring (bicyclic) bond motifs is 3. The minimum Gasteiger partial charge on any atom is -0.454 e.